The second-order valence-corrected chi connectivity index (χ2v) is 11.6. The lowest BCUT2D eigenvalue weighted by Crippen LogP contribution is -2.29. The van der Waals surface area contributed by atoms with Gasteiger partial charge in [-0.1, -0.05) is 49.5 Å². The predicted molar refractivity (Wildman–Crippen MR) is 167 cm³/mol. The summed E-state index contributed by atoms with van der Waals surface area (Å²) in [6.07, 6.45) is 15.3. The van der Waals surface area contributed by atoms with Crippen LogP contribution in [0.3, 0.4) is 0 Å². The van der Waals surface area contributed by atoms with E-state index in [1.54, 1.807) is 11.3 Å². The molecule has 2 N–H and O–H groups in total. The molecule has 2 amide bonds. The molecule has 2 heterocycles. The second-order valence-electron chi connectivity index (χ2n) is 10.6. The quantitative estimate of drug-likeness (QED) is 0.115. The molecule has 2 aromatic carbocycles. The monoisotopic (exact) mass is 567 g/mol. The molecule has 0 atom stereocenters. The van der Waals surface area contributed by atoms with Crippen molar-refractivity contribution in [2.45, 2.75) is 39.5 Å². The van der Waals surface area contributed by atoms with Crippen LogP contribution >= 0.6 is 11.3 Å². The van der Waals surface area contributed by atoms with E-state index in [2.05, 4.69) is 51.9 Å². The van der Waals surface area contributed by atoms with Gasteiger partial charge in [-0.15, -0.1) is 12.3 Å². The van der Waals surface area contributed by atoms with Crippen molar-refractivity contribution in [3.8, 4) is 23.6 Å². The summed E-state index contributed by atoms with van der Waals surface area (Å²) in [5, 5.41) is 6.07. The third kappa shape index (κ3) is 6.70. The normalized spacial score (nSPS) is 13.5. The minimum absolute atomic E-state index is 0.0464. The summed E-state index contributed by atoms with van der Waals surface area (Å²) in [6.45, 7) is 8.63. The molecule has 5 rings (SSSR count). The molecule has 0 unspecified atom stereocenters. The molecule has 4 aromatic rings. The number of benzene rings is 2. The fourth-order valence-corrected chi connectivity index (χ4v) is 6.16. The Morgan fingerprint density at radius 1 is 1.00 bits per heavy atom. The number of nitrogens with zero attached hydrogens (tertiary/aromatic N) is 3. The molecular weight excluding hydrogens is 530 g/mol. The lowest BCUT2D eigenvalue weighted by atomic mass is 9.93. The van der Waals surface area contributed by atoms with Crippen LogP contribution in [0.5, 0.6) is 0 Å². The average Bonchev–Trinajstić information content (AvgIpc) is 3.51. The summed E-state index contributed by atoms with van der Waals surface area (Å²) >= 11 is 1.56. The first kappa shape index (κ1) is 28.6. The Morgan fingerprint density at radius 2 is 1.71 bits per heavy atom. The Morgan fingerprint density at radius 3 is 2.41 bits per heavy atom. The summed E-state index contributed by atoms with van der Waals surface area (Å²) in [6, 6.07) is 13.3. The molecule has 8 heteroatoms. The van der Waals surface area contributed by atoms with Gasteiger partial charge >= 0.3 is 0 Å². The zero-order valence-corrected chi connectivity index (χ0v) is 24.6. The molecule has 7 nitrogen and oxygen atoms in total. The highest BCUT2D eigenvalue weighted by Crippen LogP contribution is 2.42. The molecule has 0 saturated carbocycles. The maximum atomic E-state index is 12.7. The predicted octanol–water partition coefficient (Wildman–Crippen LogP) is 5.77. The number of hydrogen-bond donors (Lipinski definition) is 2. The first-order valence-corrected chi connectivity index (χ1v) is 15.2. The first-order valence-electron chi connectivity index (χ1n) is 14.4. The molecule has 0 radical (unpaired) electrons. The van der Waals surface area contributed by atoms with Crippen LogP contribution in [0.1, 0.15) is 60.2 Å². The minimum Gasteiger partial charge on any atom is -0.352 e. The lowest BCUT2D eigenvalue weighted by Gasteiger charge is -2.17. The topological polar surface area (TPSA) is 78.7 Å². The summed E-state index contributed by atoms with van der Waals surface area (Å²) in [4.78, 5) is 33.4. The number of nitrogens with one attached hydrogen (secondary N) is 2. The van der Waals surface area contributed by atoms with Crippen molar-refractivity contribution in [1.29, 1.82) is 0 Å². The van der Waals surface area contributed by atoms with Gasteiger partial charge in [-0.25, -0.2) is 4.98 Å². The minimum atomic E-state index is -0.0788. The summed E-state index contributed by atoms with van der Waals surface area (Å²) < 4.78 is 3.08. The fourth-order valence-electron chi connectivity index (χ4n) is 5.11. The largest absolute Gasteiger partial charge is 0.352 e. The van der Waals surface area contributed by atoms with E-state index in [1.165, 1.54) is 0 Å². The molecule has 0 spiro atoms. The lowest BCUT2D eigenvalue weighted by molar-refractivity contribution is 0.0943. The maximum Gasteiger partial charge on any atom is 0.251 e. The zero-order chi connectivity index (χ0) is 28.8. The number of imidazole rings is 1. The van der Waals surface area contributed by atoms with E-state index in [-0.39, 0.29) is 17.2 Å². The number of amides is 2. The van der Waals surface area contributed by atoms with Gasteiger partial charge in [0.25, 0.3) is 11.8 Å². The third-order valence-corrected chi connectivity index (χ3v) is 8.90. The summed E-state index contributed by atoms with van der Waals surface area (Å²) in [5.74, 6) is 2.57. The van der Waals surface area contributed by atoms with E-state index in [0.29, 0.717) is 24.2 Å². The van der Waals surface area contributed by atoms with Gasteiger partial charge in [0.05, 0.1) is 15.9 Å². The zero-order valence-electron chi connectivity index (χ0n) is 23.8. The van der Waals surface area contributed by atoms with Crippen LogP contribution < -0.4 is 10.6 Å². The number of hydrogen-bond acceptors (Lipinski definition) is 5. The molecule has 0 saturated heterocycles. The number of terminal acetylenes is 1. The van der Waals surface area contributed by atoms with Crippen LogP contribution in [0.25, 0.3) is 26.4 Å². The van der Waals surface area contributed by atoms with Crippen LogP contribution in [0, 0.1) is 17.8 Å². The molecule has 1 aliphatic rings. The van der Waals surface area contributed by atoms with E-state index in [4.69, 9.17) is 11.4 Å². The van der Waals surface area contributed by atoms with Crippen molar-refractivity contribution >= 4 is 38.3 Å². The molecule has 212 valence electrons. The number of carbonyl (C=O) groups excluding carboxylic acids is 2. The average molecular weight is 568 g/mol. The van der Waals surface area contributed by atoms with Crippen molar-refractivity contribution in [1.82, 2.24) is 24.9 Å². The molecule has 1 aliphatic carbocycles. The van der Waals surface area contributed by atoms with Gasteiger partial charge in [-0.3, -0.25) is 14.0 Å². The van der Waals surface area contributed by atoms with Crippen molar-refractivity contribution in [2.24, 2.45) is 5.41 Å². The number of allylic oxidation sites excluding steroid dienone is 2. The number of thiazole rings is 1. The van der Waals surface area contributed by atoms with E-state index in [0.717, 1.165) is 71.8 Å². The Balaban J connectivity index is 1.18. The number of carbonyl (C=O) groups is 2. The highest BCUT2D eigenvalue weighted by molar-refractivity contribution is 7.23. The third-order valence-electron chi connectivity index (χ3n) is 7.88. The van der Waals surface area contributed by atoms with Crippen LogP contribution in [0.4, 0.5) is 0 Å². The summed E-state index contributed by atoms with van der Waals surface area (Å²) in [7, 11) is 0. The summed E-state index contributed by atoms with van der Waals surface area (Å²) in [5.41, 5.74) is 4.19. The van der Waals surface area contributed by atoms with E-state index in [1.807, 2.05) is 48.7 Å². The Hall–Kier alpha value is -3.93. The highest BCUT2D eigenvalue weighted by atomic mass is 32.1. The van der Waals surface area contributed by atoms with Gasteiger partial charge in [0, 0.05) is 47.8 Å². The van der Waals surface area contributed by atoms with Gasteiger partial charge in [0.1, 0.15) is 0 Å². The molecule has 41 heavy (non-hydrogen) atoms. The fraction of sp³-hybridized carbons (Fsp3) is 0.364. The van der Waals surface area contributed by atoms with Crippen molar-refractivity contribution in [3.63, 3.8) is 0 Å². The van der Waals surface area contributed by atoms with Crippen molar-refractivity contribution in [2.75, 3.05) is 32.7 Å². The van der Waals surface area contributed by atoms with Gasteiger partial charge in [0.2, 0.25) is 0 Å². The maximum absolute atomic E-state index is 12.7. The van der Waals surface area contributed by atoms with Crippen LogP contribution in [0.15, 0.2) is 60.8 Å². The van der Waals surface area contributed by atoms with E-state index < -0.39 is 0 Å². The molecule has 0 bridgehead atoms. The Kier molecular flexibility index (Phi) is 8.87. The Labute approximate surface area is 245 Å². The number of aromatic nitrogens is 2. The molecule has 2 aromatic heterocycles. The SMILES string of the molecule is C#CCCC1(CCNC(=O)c2ccc(-c3cn4c(n3)sc3cc(C(=O)NCCCN(CC)CC)ccc34)cc2)C=C1. The number of fused-ring (bicyclic) bond motifs is 3. The molecule has 0 aliphatic heterocycles. The van der Waals surface area contributed by atoms with Crippen LogP contribution in [-0.2, 0) is 0 Å². The van der Waals surface area contributed by atoms with Gasteiger partial charge in [-0.05, 0) is 69.2 Å². The van der Waals surface area contributed by atoms with Gasteiger partial charge < -0.3 is 15.5 Å². The molecular formula is C33H37N5O2S. The van der Waals surface area contributed by atoms with Crippen molar-refractivity contribution in [3.05, 3.63) is 71.9 Å². The van der Waals surface area contributed by atoms with Crippen LogP contribution in [0.2, 0.25) is 0 Å². The first-order chi connectivity index (χ1) is 19.9. The molecule has 0 fully saturated rings. The standard InChI is InChI=1S/C33H37N5O2S/c1-4-7-15-33(16-17-33)18-20-35-30(39)25-11-9-24(10-12-25)27-23-38-28-14-13-26(22-29(28)41-32(38)36-27)31(40)34-19-8-21-37(5-2)6-3/h1,9-14,16-17,22-23H,5-8,15,18-21H2,2-3H3,(H,34,40)(H,35,39). The van der Waals surface area contributed by atoms with Gasteiger partial charge in [0.15, 0.2) is 4.96 Å². The number of rotatable bonds is 14. The highest BCUT2D eigenvalue weighted by Gasteiger charge is 2.32. The van der Waals surface area contributed by atoms with Crippen LogP contribution in [-0.4, -0.2) is 58.8 Å². The smallest absolute Gasteiger partial charge is 0.251 e. The Bertz CT molecular complexity index is 1600. The van der Waals surface area contributed by atoms with Crippen molar-refractivity contribution < 1.29 is 9.59 Å². The second kappa shape index (κ2) is 12.7. The van der Waals surface area contributed by atoms with E-state index in [9.17, 15) is 9.59 Å². The van der Waals surface area contributed by atoms with Gasteiger partial charge in [-0.2, -0.15) is 0 Å². The van der Waals surface area contributed by atoms with E-state index >= 15 is 0 Å².